The van der Waals surface area contributed by atoms with E-state index in [0.717, 1.165) is 30.8 Å². The number of quaternary nitrogens is 1. The summed E-state index contributed by atoms with van der Waals surface area (Å²) in [5, 5.41) is 1.90. The highest BCUT2D eigenvalue weighted by molar-refractivity contribution is 7.12. The van der Waals surface area contributed by atoms with Gasteiger partial charge < -0.3 is 9.22 Å². The molecule has 0 saturated carbocycles. The number of ether oxygens (including phenoxy) is 1. The van der Waals surface area contributed by atoms with Gasteiger partial charge in [-0.05, 0) is 52.8 Å². The standard InChI is InChI=1S/C27H26F2NO3S.CH4/c28-21-7-3-19(4-8-21)26(20-5-9-22(29)10-6-20)33-27(32)23-16-30(13-11-18(23)12-14-30)17-24(31)25-2-1-15-34-25;/h1-10,15,18,23,26H,11-14,16-17H2;1H4/q+1;. The zero-order valence-corrected chi connectivity index (χ0v) is 19.5. The molecule has 0 spiro atoms. The number of carbonyl (C=O) groups is 2. The fourth-order valence-electron chi connectivity index (χ4n) is 5.40. The van der Waals surface area contributed by atoms with Gasteiger partial charge in [0.05, 0.1) is 24.5 Å². The molecule has 0 N–H and O–H groups in total. The van der Waals surface area contributed by atoms with Crippen LogP contribution in [0.4, 0.5) is 8.78 Å². The van der Waals surface area contributed by atoms with Crippen LogP contribution >= 0.6 is 11.3 Å². The van der Waals surface area contributed by atoms with E-state index in [0.29, 0.717) is 28.7 Å². The summed E-state index contributed by atoms with van der Waals surface area (Å²) in [6, 6.07) is 15.4. The molecule has 3 aromatic rings. The lowest BCUT2D eigenvalue weighted by atomic mass is 9.77. The van der Waals surface area contributed by atoms with Gasteiger partial charge in [0, 0.05) is 12.8 Å². The molecule has 1 aromatic heterocycles. The lowest BCUT2D eigenvalue weighted by Crippen LogP contribution is -2.64. The van der Waals surface area contributed by atoms with Crippen molar-refractivity contribution in [3.05, 3.63) is 93.7 Å². The van der Waals surface area contributed by atoms with E-state index in [9.17, 15) is 18.4 Å². The lowest BCUT2D eigenvalue weighted by molar-refractivity contribution is -0.938. The number of thiophene rings is 1. The Bertz CT molecular complexity index is 1110. The summed E-state index contributed by atoms with van der Waals surface area (Å²) in [4.78, 5) is 27.1. The van der Waals surface area contributed by atoms with Crippen LogP contribution in [0.3, 0.4) is 0 Å². The highest BCUT2D eigenvalue weighted by atomic mass is 32.1. The molecule has 35 heavy (non-hydrogen) atoms. The van der Waals surface area contributed by atoms with E-state index in [-0.39, 0.29) is 42.6 Å². The van der Waals surface area contributed by atoms with Gasteiger partial charge in [0.1, 0.15) is 24.1 Å². The smallest absolute Gasteiger partial charge is 0.315 e. The molecule has 4 nitrogen and oxygen atoms in total. The van der Waals surface area contributed by atoms with Crippen molar-refractivity contribution in [1.82, 2.24) is 0 Å². The number of hydrogen-bond acceptors (Lipinski definition) is 4. The van der Waals surface area contributed by atoms with Crippen molar-refractivity contribution in [3.8, 4) is 0 Å². The topological polar surface area (TPSA) is 43.4 Å². The Balaban J connectivity index is 0.00000289. The van der Waals surface area contributed by atoms with Crippen LogP contribution in [0, 0.1) is 23.5 Å². The molecule has 0 aliphatic carbocycles. The summed E-state index contributed by atoms with van der Waals surface area (Å²) in [6.45, 7) is 2.77. The van der Waals surface area contributed by atoms with E-state index in [1.807, 2.05) is 17.5 Å². The highest BCUT2D eigenvalue weighted by Gasteiger charge is 2.50. The first-order chi connectivity index (χ1) is 16.4. The van der Waals surface area contributed by atoms with E-state index in [2.05, 4.69) is 0 Å². The van der Waals surface area contributed by atoms with Crippen LogP contribution in [-0.2, 0) is 9.53 Å². The van der Waals surface area contributed by atoms with Crippen molar-refractivity contribution >= 4 is 23.1 Å². The molecule has 2 bridgehead atoms. The van der Waals surface area contributed by atoms with Crippen LogP contribution in [-0.4, -0.2) is 42.4 Å². The molecule has 0 radical (unpaired) electrons. The predicted molar refractivity (Wildman–Crippen MR) is 132 cm³/mol. The Morgan fingerprint density at radius 3 is 2.03 bits per heavy atom. The zero-order valence-electron chi connectivity index (χ0n) is 18.7. The molecule has 6 rings (SSSR count). The first-order valence-corrected chi connectivity index (χ1v) is 12.4. The fraction of sp³-hybridized carbons (Fsp3) is 0.357. The molecular formula is C28H30F2NO3S+. The third-order valence-corrected chi connectivity index (χ3v) is 8.17. The number of Topliss-reactive ketones (excluding diaryl/α,β-unsaturated/α-hetero) is 1. The zero-order chi connectivity index (χ0) is 23.7. The summed E-state index contributed by atoms with van der Waals surface area (Å²) < 4.78 is 33.7. The number of nitrogens with zero attached hydrogens (tertiary/aromatic N) is 1. The fourth-order valence-corrected chi connectivity index (χ4v) is 6.06. The van der Waals surface area contributed by atoms with Gasteiger partial charge in [-0.25, -0.2) is 8.78 Å². The third kappa shape index (κ3) is 5.36. The van der Waals surface area contributed by atoms with Crippen molar-refractivity contribution in [2.45, 2.75) is 26.4 Å². The molecule has 3 fully saturated rings. The first kappa shape index (κ1) is 25.2. The van der Waals surface area contributed by atoms with Crippen LogP contribution in [0.15, 0.2) is 66.0 Å². The first-order valence-electron chi connectivity index (χ1n) is 11.6. The van der Waals surface area contributed by atoms with Gasteiger partial charge in [0.2, 0.25) is 5.78 Å². The second-order valence-corrected chi connectivity index (χ2v) is 10.3. The molecule has 1 atom stereocenters. The van der Waals surface area contributed by atoms with Crippen LogP contribution in [0.1, 0.15) is 47.2 Å². The molecule has 7 heteroatoms. The Morgan fingerprint density at radius 1 is 0.943 bits per heavy atom. The summed E-state index contributed by atoms with van der Waals surface area (Å²) in [5.74, 6) is -1.03. The summed E-state index contributed by atoms with van der Waals surface area (Å²) >= 11 is 1.45. The SMILES string of the molecule is C.O=C(C[N+]12CCC(CC1)C(C(=O)OC(c1ccc(F)cc1)c1ccc(F)cc1)C2)c1cccs1. The molecular weight excluding hydrogens is 468 g/mol. The number of esters is 1. The van der Waals surface area contributed by atoms with E-state index in [1.165, 1.54) is 35.6 Å². The van der Waals surface area contributed by atoms with Crippen molar-refractivity contribution in [2.75, 3.05) is 26.2 Å². The second kappa shape index (κ2) is 10.4. The maximum Gasteiger partial charge on any atom is 0.315 e. The van der Waals surface area contributed by atoms with E-state index in [1.54, 1.807) is 24.3 Å². The summed E-state index contributed by atoms with van der Waals surface area (Å²) in [5.41, 5.74) is 1.25. The Hall–Kier alpha value is -2.90. The molecule has 3 saturated heterocycles. The van der Waals surface area contributed by atoms with Gasteiger partial charge in [-0.2, -0.15) is 0 Å². The largest absolute Gasteiger partial charge is 0.452 e. The number of carbonyl (C=O) groups excluding carboxylic acids is 2. The minimum absolute atomic E-state index is 0. The Kier molecular flexibility index (Phi) is 7.47. The molecule has 1 unspecified atom stereocenters. The molecule has 4 heterocycles. The number of halogens is 2. The third-order valence-electron chi connectivity index (χ3n) is 7.26. The summed E-state index contributed by atoms with van der Waals surface area (Å²) in [7, 11) is 0. The number of ketones is 1. The average Bonchev–Trinajstić information content (AvgIpc) is 3.40. The van der Waals surface area contributed by atoms with Crippen LogP contribution in [0.25, 0.3) is 0 Å². The maximum atomic E-state index is 13.5. The molecule has 0 amide bonds. The number of rotatable bonds is 7. The minimum atomic E-state index is -0.759. The predicted octanol–water partition coefficient (Wildman–Crippen LogP) is 6.03. The Morgan fingerprint density at radius 2 is 1.51 bits per heavy atom. The van der Waals surface area contributed by atoms with Gasteiger partial charge in [-0.15, -0.1) is 11.3 Å². The van der Waals surface area contributed by atoms with E-state index < -0.39 is 6.10 Å². The van der Waals surface area contributed by atoms with Gasteiger partial charge >= 0.3 is 5.97 Å². The van der Waals surface area contributed by atoms with Crippen molar-refractivity contribution in [1.29, 1.82) is 0 Å². The highest BCUT2D eigenvalue weighted by Crippen LogP contribution is 2.40. The molecule has 184 valence electrons. The van der Waals surface area contributed by atoms with Gasteiger partial charge in [-0.3, -0.25) is 9.59 Å². The number of benzene rings is 2. The second-order valence-electron chi connectivity index (χ2n) is 9.39. The van der Waals surface area contributed by atoms with E-state index in [4.69, 9.17) is 4.74 Å². The van der Waals surface area contributed by atoms with Crippen molar-refractivity contribution in [2.24, 2.45) is 11.8 Å². The van der Waals surface area contributed by atoms with Crippen molar-refractivity contribution < 1.29 is 27.6 Å². The van der Waals surface area contributed by atoms with Gasteiger partial charge in [0.25, 0.3) is 0 Å². The molecule has 3 aliphatic rings. The number of hydrogen-bond donors (Lipinski definition) is 0. The monoisotopic (exact) mass is 498 g/mol. The van der Waals surface area contributed by atoms with Gasteiger partial charge in [0.15, 0.2) is 6.10 Å². The van der Waals surface area contributed by atoms with Gasteiger partial charge in [-0.1, -0.05) is 37.8 Å². The normalized spacial score (nSPS) is 23.1. The molecule has 2 aromatic carbocycles. The Labute approximate surface area is 208 Å². The molecule has 3 aliphatic heterocycles. The van der Waals surface area contributed by atoms with Crippen LogP contribution in [0.2, 0.25) is 0 Å². The quantitative estimate of drug-likeness (QED) is 0.227. The van der Waals surface area contributed by atoms with E-state index >= 15 is 0 Å². The van der Waals surface area contributed by atoms with Crippen LogP contribution < -0.4 is 0 Å². The number of piperidine rings is 3. The minimum Gasteiger partial charge on any atom is -0.452 e. The van der Waals surface area contributed by atoms with Crippen LogP contribution in [0.5, 0.6) is 0 Å². The summed E-state index contributed by atoms with van der Waals surface area (Å²) in [6.07, 6.45) is 1.01. The maximum absolute atomic E-state index is 13.5. The average molecular weight is 499 g/mol. The lowest BCUT2D eigenvalue weighted by Gasteiger charge is -2.51. The van der Waals surface area contributed by atoms with Crippen molar-refractivity contribution in [3.63, 3.8) is 0 Å². The number of fused-ring (bicyclic) bond motifs is 3.